The molecular weight excluding hydrogens is 433 g/mol. The van der Waals surface area contributed by atoms with Crippen molar-refractivity contribution in [2.75, 3.05) is 24.9 Å². The summed E-state index contributed by atoms with van der Waals surface area (Å²) >= 11 is 1.44. The molecule has 0 bridgehead atoms. The summed E-state index contributed by atoms with van der Waals surface area (Å²) < 4.78 is 23.7. The molecule has 0 atom stereocenters. The fourth-order valence-electron chi connectivity index (χ4n) is 3.06. The Balaban J connectivity index is 1.42. The first-order valence-corrected chi connectivity index (χ1v) is 10.5. The SMILES string of the molecule is COc1cc2ncnc(Nc3ncc(CCC(=O)Nc4ccc(F)cc4)s3)c2cc1OC. The van der Waals surface area contributed by atoms with E-state index in [9.17, 15) is 9.18 Å². The monoisotopic (exact) mass is 453 g/mol. The minimum absolute atomic E-state index is 0.151. The second-order valence-corrected chi connectivity index (χ2v) is 7.87. The number of rotatable bonds is 8. The average molecular weight is 453 g/mol. The molecule has 0 saturated heterocycles. The van der Waals surface area contributed by atoms with E-state index in [1.165, 1.54) is 41.9 Å². The van der Waals surface area contributed by atoms with E-state index in [2.05, 4.69) is 25.6 Å². The Morgan fingerprint density at radius 3 is 2.56 bits per heavy atom. The number of aromatic nitrogens is 3. The molecule has 2 aromatic heterocycles. The highest BCUT2D eigenvalue weighted by Crippen LogP contribution is 2.34. The van der Waals surface area contributed by atoms with Gasteiger partial charge in [0, 0.05) is 34.6 Å². The number of methoxy groups -OCH3 is 2. The lowest BCUT2D eigenvalue weighted by atomic mass is 10.2. The lowest BCUT2D eigenvalue weighted by molar-refractivity contribution is -0.116. The second kappa shape index (κ2) is 9.56. The molecule has 0 aliphatic heterocycles. The van der Waals surface area contributed by atoms with E-state index < -0.39 is 0 Å². The zero-order valence-corrected chi connectivity index (χ0v) is 18.2. The number of carbonyl (C=O) groups is 1. The lowest BCUT2D eigenvalue weighted by Crippen LogP contribution is -2.11. The molecule has 4 aromatic rings. The number of carbonyl (C=O) groups excluding carboxylic acids is 1. The van der Waals surface area contributed by atoms with Crippen LogP contribution in [0.1, 0.15) is 11.3 Å². The van der Waals surface area contributed by atoms with Gasteiger partial charge in [-0.15, -0.1) is 11.3 Å². The Morgan fingerprint density at radius 1 is 1.06 bits per heavy atom. The van der Waals surface area contributed by atoms with Gasteiger partial charge in [0.05, 0.1) is 19.7 Å². The summed E-state index contributed by atoms with van der Waals surface area (Å²) in [6.07, 6.45) is 4.00. The van der Waals surface area contributed by atoms with Crippen LogP contribution in [-0.2, 0) is 11.2 Å². The number of hydrogen-bond acceptors (Lipinski definition) is 8. The summed E-state index contributed by atoms with van der Waals surface area (Å²) in [4.78, 5) is 26.1. The van der Waals surface area contributed by atoms with E-state index in [1.54, 1.807) is 26.5 Å². The highest BCUT2D eigenvalue weighted by Gasteiger charge is 2.13. The largest absolute Gasteiger partial charge is 0.493 e. The maximum atomic E-state index is 13.0. The summed E-state index contributed by atoms with van der Waals surface area (Å²) in [5.74, 6) is 1.25. The van der Waals surface area contributed by atoms with Gasteiger partial charge in [0.15, 0.2) is 16.6 Å². The van der Waals surface area contributed by atoms with E-state index in [1.807, 2.05) is 6.07 Å². The van der Waals surface area contributed by atoms with E-state index in [4.69, 9.17) is 9.47 Å². The van der Waals surface area contributed by atoms with Gasteiger partial charge in [-0.05, 0) is 36.8 Å². The number of amides is 1. The van der Waals surface area contributed by atoms with Crippen molar-refractivity contribution in [3.05, 3.63) is 59.6 Å². The standard InChI is InChI=1S/C22H20FN5O3S/c1-30-18-9-16-17(10-19(18)31-2)25-12-26-21(16)28-22-24-11-15(32-22)7-8-20(29)27-14-5-3-13(23)4-6-14/h3-6,9-12H,7-8H2,1-2H3,(H,27,29)(H,24,25,26,28). The molecule has 0 aliphatic carbocycles. The van der Waals surface area contributed by atoms with Crippen LogP contribution in [0.3, 0.4) is 0 Å². The van der Waals surface area contributed by atoms with Crippen LogP contribution < -0.4 is 20.1 Å². The summed E-state index contributed by atoms with van der Waals surface area (Å²) in [5.41, 5.74) is 1.26. The number of anilines is 3. The van der Waals surface area contributed by atoms with Crippen molar-refractivity contribution in [2.45, 2.75) is 12.8 Å². The minimum atomic E-state index is -0.346. The molecule has 0 radical (unpaired) electrons. The van der Waals surface area contributed by atoms with E-state index in [0.717, 1.165) is 10.3 Å². The Labute approximate surface area is 187 Å². The Morgan fingerprint density at radius 2 is 1.81 bits per heavy atom. The number of ether oxygens (including phenoxy) is 2. The Kier molecular flexibility index (Phi) is 6.41. The molecule has 1 amide bonds. The predicted octanol–water partition coefficient (Wildman–Crippen LogP) is 4.56. The van der Waals surface area contributed by atoms with Gasteiger partial charge in [0.2, 0.25) is 5.91 Å². The number of aryl methyl sites for hydroxylation is 1. The summed E-state index contributed by atoms with van der Waals surface area (Å²) in [7, 11) is 3.14. The van der Waals surface area contributed by atoms with Crippen molar-refractivity contribution in [3.63, 3.8) is 0 Å². The molecule has 10 heteroatoms. The molecule has 2 N–H and O–H groups in total. The third-order valence-corrected chi connectivity index (χ3v) is 5.62. The zero-order chi connectivity index (χ0) is 22.5. The van der Waals surface area contributed by atoms with Gasteiger partial charge in [-0.2, -0.15) is 0 Å². The second-order valence-electron chi connectivity index (χ2n) is 6.76. The van der Waals surface area contributed by atoms with Crippen molar-refractivity contribution in [1.82, 2.24) is 15.0 Å². The van der Waals surface area contributed by atoms with Crippen molar-refractivity contribution in [1.29, 1.82) is 0 Å². The van der Waals surface area contributed by atoms with Gasteiger partial charge in [-0.3, -0.25) is 4.79 Å². The zero-order valence-electron chi connectivity index (χ0n) is 17.4. The quantitative estimate of drug-likeness (QED) is 0.404. The normalized spacial score (nSPS) is 10.7. The molecule has 0 saturated carbocycles. The van der Waals surface area contributed by atoms with Gasteiger partial charge in [-0.25, -0.2) is 19.3 Å². The smallest absolute Gasteiger partial charge is 0.224 e. The van der Waals surface area contributed by atoms with E-state index in [-0.39, 0.29) is 18.1 Å². The first-order chi connectivity index (χ1) is 15.6. The highest BCUT2D eigenvalue weighted by molar-refractivity contribution is 7.15. The van der Waals surface area contributed by atoms with Crippen LogP contribution in [0.5, 0.6) is 11.5 Å². The van der Waals surface area contributed by atoms with Crippen LogP contribution >= 0.6 is 11.3 Å². The fraction of sp³-hybridized carbons (Fsp3) is 0.182. The predicted molar refractivity (Wildman–Crippen MR) is 121 cm³/mol. The minimum Gasteiger partial charge on any atom is -0.493 e. The molecule has 8 nitrogen and oxygen atoms in total. The summed E-state index contributed by atoms with van der Waals surface area (Å²) in [6.45, 7) is 0. The maximum absolute atomic E-state index is 13.0. The lowest BCUT2D eigenvalue weighted by Gasteiger charge is -2.11. The molecule has 0 aliphatic rings. The summed E-state index contributed by atoms with van der Waals surface area (Å²) in [6, 6.07) is 9.26. The molecule has 2 aromatic carbocycles. The molecule has 164 valence electrons. The first kappa shape index (κ1) is 21.4. The molecule has 0 spiro atoms. The van der Waals surface area contributed by atoms with Crippen molar-refractivity contribution in [3.8, 4) is 11.5 Å². The molecule has 0 unspecified atom stereocenters. The molecule has 32 heavy (non-hydrogen) atoms. The third kappa shape index (κ3) is 4.92. The van der Waals surface area contributed by atoms with Crippen molar-refractivity contribution < 1.29 is 18.7 Å². The number of nitrogens with zero attached hydrogens (tertiary/aromatic N) is 3. The van der Waals surface area contributed by atoms with Gasteiger partial charge in [-0.1, -0.05) is 0 Å². The van der Waals surface area contributed by atoms with Crippen LogP contribution in [0, 0.1) is 5.82 Å². The molecule has 4 rings (SSSR count). The molecule has 2 heterocycles. The van der Waals surface area contributed by atoms with Gasteiger partial charge >= 0.3 is 0 Å². The average Bonchev–Trinajstić information content (AvgIpc) is 3.26. The number of halogens is 1. The molecule has 0 fully saturated rings. The Hall–Kier alpha value is -3.79. The van der Waals surface area contributed by atoms with Crippen LogP contribution in [0.2, 0.25) is 0 Å². The van der Waals surface area contributed by atoms with E-state index >= 15 is 0 Å². The Bertz CT molecular complexity index is 1250. The van der Waals surface area contributed by atoms with Gasteiger partial charge < -0.3 is 20.1 Å². The first-order valence-electron chi connectivity index (χ1n) is 9.69. The van der Waals surface area contributed by atoms with Crippen molar-refractivity contribution in [2.24, 2.45) is 0 Å². The van der Waals surface area contributed by atoms with Crippen LogP contribution in [0.4, 0.5) is 21.0 Å². The van der Waals surface area contributed by atoms with Crippen LogP contribution in [0.15, 0.2) is 48.9 Å². The van der Waals surface area contributed by atoms with Crippen molar-refractivity contribution >= 4 is 44.8 Å². The number of benzene rings is 2. The highest BCUT2D eigenvalue weighted by atomic mass is 32.1. The molecular formula is C22H20FN5O3S. The van der Waals surface area contributed by atoms with Gasteiger partial charge in [0.1, 0.15) is 18.0 Å². The number of hydrogen-bond donors (Lipinski definition) is 2. The summed E-state index contributed by atoms with van der Waals surface area (Å²) in [5, 5.41) is 7.37. The van der Waals surface area contributed by atoms with Gasteiger partial charge in [0.25, 0.3) is 0 Å². The number of fused-ring (bicyclic) bond motifs is 1. The third-order valence-electron chi connectivity index (χ3n) is 4.65. The van der Waals surface area contributed by atoms with E-state index in [0.29, 0.717) is 40.1 Å². The number of nitrogens with one attached hydrogen (secondary N) is 2. The topological polar surface area (TPSA) is 98.3 Å². The maximum Gasteiger partial charge on any atom is 0.224 e. The number of thiazole rings is 1. The van der Waals surface area contributed by atoms with Crippen LogP contribution in [-0.4, -0.2) is 35.1 Å². The fourth-order valence-corrected chi connectivity index (χ4v) is 3.87. The van der Waals surface area contributed by atoms with Crippen LogP contribution in [0.25, 0.3) is 10.9 Å².